The number of hydrogen-bond donors (Lipinski definition) is 1. The maximum absolute atomic E-state index is 5.32. The van der Waals surface area contributed by atoms with E-state index in [9.17, 15) is 0 Å². The Labute approximate surface area is 317 Å². The largest absolute Gasteiger partial charge is 0.361 e. The molecule has 0 unspecified atom stereocenters. The predicted octanol–water partition coefficient (Wildman–Crippen LogP) is 13.3. The summed E-state index contributed by atoms with van der Waals surface area (Å²) in [7, 11) is 0. The Morgan fingerprint density at radius 3 is 1.56 bits per heavy atom. The minimum Gasteiger partial charge on any atom is -0.361 e. The number of nitrogens with zero attached hydrogens (tertiary/aromatic N) is 3. The van der Waals surface area contributed by atoms with Crippen LogP contribution in [0, 0.1) is 0 Å². The molecule has 0 spiro atoms. The van der Waals surface area contributed by atoms with Gasteiger partial charge in [0, 0.05) is 28.3 Å². The number of fused-ring (bicyclic) bond motifs is 7. The summed E-state index contributed by atoms with van der Waals surface area (Å²) in [5, 5.41) is 10.8. The van der Waals surface area contributed by atoms with E-state index in [-0.39, 0.29) is 0 Å². The van der Waals surface area contributed by atoms with Crippen molar-refractivity contribution in [1.82, 2.24) is 19.9 Å². The van der Waals surface area contributed by atoms with Crippen LogP contribution in [0.5, 0.6) is 0 Å². The number of hydrogen-bond acceptors (Lipinski definition) is 3. The molecule has 0 fully saturated rings. The van der Waals surface area contributed by atoms with Crippen molar-refractivity contribution in [2.75, 3.05) is 0 Å². The molecule has 0 bridgehead atoms. The second kappa shape index (κ2) is 12.6. The van der Waals surface area contributed by atoms with Gasteiger partial charge in [0.15, 0.2) is 17.5 Å². The topological polar surface area (TPSA) is 54.5 Å². The van der Waals surface area contributed by atoms with E-state index in [1.165, 1.54) is 43.3 Å². The maximum Gasteiger partial charge on any atom is 0.166 e. The zero-order chi connectivity index (χ0) is 36.3. The summed E-state index contributed by atoms with van der Waals surface area (Å²) in [6, 6.07) is 64.4. The van der Waals surface area contributed by atoms with Gasteiger partial charge in [0.1, 0.15) is 0 Å². The van der Waals surface area contributed by atoms with Crippen molar-refractivity contribution in [2.45, 2.75) is 0 Å². The Kier molecular flexibility index (Phi) is 7.14. The molecular weight excluding hydrogens is 669 g/mol. The SMILES string of the molecule is c1ccc(-c2cccc3ccccc23)c(-c2nc(-c3ccc(-c4cccc5ccccc45)cc3)nc(-c3cc4ccc5ccccc5c4c4cc[nH]c34)n2)c1. The highest BCUT2D eigenvalue weighted by molar-refractivity contribution is 6.22. The van der Waals surface area contributed by atoms with Crippen LogP contribution in [-0.2, 0) is 0 Å². The number of H-pyrrole nitrogens is 1. The normalized spacial score (nSPS) is 11.6. The van der Waals surface area contributed by atoms with E-state index < -0.39 is 0 Å². The molecule has 0 atom stereocenters. The summed E-state index contributed by atoms with van der Waals surface area (Å²) in [6.07, 6.45) is 2.01. The van der Waals surface area contributed by atoms with E-state index in [4.69, 9.17) is 15.0 Å². The molecule has 1 N–H and O–H groups in total. The van der Waals surface area contributed by atoms with Crippen LogP contribution in [0.2, 0.25) is 0 Å². The van der Waals surface area contributed by atoms with Crippen LogP contribution in [0.1, 0.15) is 0 Å². The standard InChI is InChI=1S/C51H32N4/c1-4-16-38-32(11-1)14-9-21-39(38)35-23-26-36(27-24-35)49-53-50(44-20-8-7-19-43(44)42-22-10-15-33-12-2-5-17-40(33)42)55-51(54-49)46-31-37-28-25-34-13-3-6-18-41(34)47(37)45-29-30-52-48(45)46/h1-31,52H. The van der Waals surface area contributed by atoms with Crippen LogP contribution in [0.25, 0.3) is 110 Å². The molecule has 4 heteroatoms. The Balaban J connectivity index is 1.14. The lowest BCUT2D eigenvalue weighted by Crippen LogP contribution is -2.02. The first-order valence-corrected chi connectivity index (χ1v) is 18.6. The van der Waals surface area contributed by atoms with Gasteiger partial charge in [-0.2, -0.15) is 0 Å². The van der Waals surface area contributed by atoms with Crippen LogP contribution in [0.3, 0.4) is 0 Å². The van der Waals surface area contributed by atoms with Crippen molar-refractivity contribution < 1.29 is 0 Å². The van der Waals surface area contributed by atoms with Crippen LogP contribution in [-0.4, -0.2) is 19.9 Å². The molecule has 11 aromatic rings. The average molecular weight is 701 g/mol. The predicted molar refractivity (Wildman–Crippen MR) is 229 cm³/mol. The van der Waals surface area contributed by atoms with E-state index in [1.54, 1.807) is 0 Å². The van der Waals surface area contributed by atoms with Crippen molar-refractivity contribution in [3.63, 3.8) is 0 Å². The highest BCUT2D eigenvalue weighted by Crippen LogP contribution is 2.40. The van der Waals surface area contributed by atoms with Crippen molar-refractivity contribution in [1.29, 1.82) is 0 Å². The van der Waals surface area contributed by atoms with Gasteiger partial charge in [0.2, 0.25) is 0 Å². The zero-order valence-corrected chi connectivity index (χ0v) is 29.7. The highest BCUT2D eigenvalue weighted by atomic mass is 15.0. The molecule has 0 aliphatic rings. The lowest BCUT2D eigenvalue weighted by atomic mass is 9.94. The minimum atomic E-state index is 0.619. The molecule has 11 rings (SSSR count). The third-order valence-corrected chi connectivity index (χ3v) is 10.9. The van der Waals surface area contributed by atoms with E-state index >= 15 is 0 Å². The van der Waals surface area contributed by atoms with E-state index in [0.29, 0.717) is 17.5 Å². The minimum absolute atomic E-state index is 0.619. The van der Waals surface area contributed by atoms with Crippen LogP contribution >= 0.6 is 0 Å². The van der Waals surface area contributed by atoms with Gasteiger partial charge in [-0.3, -0.25) is 0 Å². The Morgan fingerprint density at radius 1 is 0.309 bits per heavy atom. The van der Waals surface area contributed by atoms with Crippen molar-refractivity contribution in [2.24, 2.45) is 0 Å². The first kappa shape index (κ1) is 31.1. The van der Waals surface area contributed by atoms with Gasteiger partial charge in [-0.15, -0.1) is 0 Å². The molecule has 0 radical (unpaired) electrons. The number of rotatable bonds is 5. The second-order valence-corrected chi connectivity index (χ2v) is 14.1. The summed E-state index contributed by atoms with van der Waals surface area (Å²) in [4.78, 5) is 19.4. The average Bonchev–Trinajstić information content (AvgIpc) is 3.76. The van der Waals surface area contributed by atoms with Crippen LogP contribution in [0.4, 0.5) is 0 Å². The van der Waals surface area contributed by atoms with Crippen molar-refractivity contribution >= 4 is 54.0 Å². The van der Waals surface area contributed by atoms with Gasteiger partial charge < -0.3 is 4.98 Å². The first-order chi connectivity index (χ1) is 27.3. The molecular formula is C51H32N4. The summed E-state index contributed by atoms with van der Waals surface area (Å²) in [5.41, 5.74) is 8.36. The summed E-state index contributed by atoms with van der Waals surface area (Å²) in [6.45, 7) is 0. The quantitative estimate of drug-likeness (QED) is 0.182. The first-order valence-electron chi connectivity index (χ1n) is 18.6. The van der Waals surface area contributed by atoms with Gasteiger partial charge >= 0.3 is 0 Å². The van der Waals surface area contributed by atoms with E-state index in [0.717, 1.165) is 49.7 Å². The molecule has 0 saturated carbocycles. The lowest BCUT2D eigenvalue weighted by molar-refractivity contribution is 1.08. The Bertz CT molecular complexity index is 3260. The zero-order valence-electron chi connectivity index (χ0n) is 29.7. The summed E-state index contributed by atoms with van der Waals surface area (Å²) < 4.78 is 0. The van der Waals surface area contributed by atoms with Gasteiger partial charge in [0.25, 0.3) is 0 Å². The number of nitrogens with one attached hydrogen (secondary N) is 1. The fraction of sp³-hybridized carbons (Fsp3) is 0. The Hall–Kier alpha value is -7.43. The summed E-state index contributed by atoms with van der Waals surface area (Å²) in [5.74, 6) is 1.86. The van der Waals surface area contributed by atoms with Gasteiger partial charge in [-0.25, -0.2) is 15.0 Å². The van der Waals surface area contributed by atoms with Gasteiger partial charge in [-0.1, -0.05) is 170 Å². The second-order valence-electron chi connectivity index (χ2n) is 14.1. The van der Waals surface area contributed by atoms with E-state index in [1.807, 2.05) is 6.20 Å². The molecule has 0 aliphatic carbocycles. The van der Waals surface area contributed by atoms with Crippen LogP contribution in [0.15, 0.2) is 188 Å². The molecule has 4 nitrogen and oxygen atoms in total. The molecule has 2 aromatic heterocycles. The molecule has 55 heavy (non-hydrogen) atoms. The summed E-state index contributed by atoms with van der Waals surface area (Å²) >= 11 is 0. The van der Waals surface area contributed by atoms with Crippen molar-refractivity contribution in [3.8, 4) is 56.4 Å². The fourth-order valence-electron chi connectivity index (χ4n) is 8.31. The Morgan fingerprint density at radius 2 is 0.818 bits per heavy atom. The number of aromatic nitrogens is 4. The fourth-order valence-corrected chi connectivity index (χ4v) is 8.31. The van der Waals surface area contributed by atoms with Crippen LogP contribution < -0.4 is 0 Å². The lowest BCUT2D eigenvalue weighted by Gasteiger charge is -2.15. The third kappa shape index (κ3) is 5.19. The molecule has 0 saturated heterocycles. The molecule has 0 amide bonds. The van der Waals surface area contributed by atoms with E-state index in [2.05, 4.69) is 187 Å². The number of aromatic amines is 1. The monoisotopic (exact) mass is 700 g/mol. The maximum atomic E-state index is 5.32. The highest BCUT2D eigenvalue weighted by Gasteiger charge is 2.20. The molecule has 256 valence electrons. The van der Waals surface area contributed by atoms with Crippen molar-refractivity contribution in [3.05, 3.63) is 188 Å². The third-order valence-electron chi connectivity index (χ3n) is 10.9. The van der Waals surface area contributed by atoms with Gasteiger partial charge in [-0.05, 0) is 77.5 Å². The molecule has 0 aliphatic heterocycles. The molecule has 2 heterocycles. The molecule has 9 aromatic carbocycles. The van der Waals surface area contributed by atoms with Gasteiger partial charge in [0.05, 0.1) is 5.52 Å². The number of benzene rings is 9. The smallest absolute Gasteiger partial charge is 0.166 e.